The van der Waals surface area contributed by atoms with Gasteiger partial charge in [-0.05, 0) is 32.0 Å². The number of amides is 2. The van der Waals surface area contributed by atoms with E-state index in [1.807, 2.05) is 13.0 Å². The number of fused-ring (bicyclic) bond motifs is 1. The number of likely N-dealkylation sites (N-methyl/N-ethyl adjacent to an activating group) is 1. The lowest BCUT2D eigenvalue weighted by molar-refractivity contribution is -0.130. The topological polar surface area (TPSA) is 116 Å². The van der Waals surface area contributed by atoms with E-state index in [-0.39, 0.29) is 48.7 Å². The maximum atomic E-state index is 13.4. The summed E-state index contributed by atoms with van der Waals surface area (Å²) in [6.07, 6.45) is 2.04. The van der Waals surface area contributed by atoms with E-state index in [4.69, 9.17) is 4.74 Å². The van der Waals surface area contributed by atoms with Crippen molar-refractivity contribution in [3.63, 3.8) is 0 Å². The molecule has 3 heterocycles. The Morgan fingerprint density at radius 1 is 1.34 bits per heavy atom. The van der Waals surface area contributed by atoms with Gasteiger partial charge in [-0.15, -0.1) is 0 Å². The molecule has 2 aromatic rings. The van der Waals surface area contributed by atoms with Gasteiger partial charge in [0.15, 0.2) is 0 Å². The highest BCUT2D eigenvalue weighted by molar-refractivity contribution is 5.97. The van der Waals surface area contributed by atoms with Gasteiger partial charge in [0.25, 0.3) is 5.91 Å². The number of carbonyl (C=O) groups is 2. The molecule has 0 radical (unpaired) electrons. The van der Waals surface area contributed by atoms with E-state index in [0.29, 0.717) is 17.8 Å². The van der Waals surface area contributed by atoms with Crippen LogP contribution in [0.4, 0.5) is 0 Å². The SMILES string of the molecule is C[C@@H](O)C#Cc1cnc2c(c1)C(=O)N([C@@H](C)CO)C[C@H](C)[C@@H](CN(C)C(=O)Cc1ccccn1)O2. The van der Waals surface area contributed by atoms with Gasteiger partial charge in [-0.25, -0.2) is 4.98 Å². The summed E-state index contributed by atoms with van der Waals surface area (Å²) in [5, 5.41) is 19.2. The zero-order valence-corrected chi connectivity index (χ0v) is 20.5. The number of pyridine rings is 2. The van der Waals surface area contributed by atoms with Crippen molar-refractivity contribution in [3.05, 3.63) is 53.5 Å². The molecule has 0 fully saturated rings. The molecule has 1 aliphatic heterocycles. The minimum atomic E-state index is -0.820. The average molecular weight is 481 g/mol. The second kappa shape index (κ2) is 11.8. The van der Waals surface area contributed by atoms with Gasteiger partial charge in [-0.1, -0.05) is 24.8 Å². The van der Waals surface area contributed by atoms with Crippen molar-refractivity contribution in [2.75, 3.05) is 26.7 Å². The summed E-state index contributed by atoms with van der Waals surface area (Å²) in [5.41, 5.74) is 1.37. The third kappa shape index (κ3) is 6.78. The maximum absolute atomic E-state index is 13.4. The molecular formula is C26H32N4O5. The van der Waals surface area contributed by atoms with Crippen molar-refractivity contribution >= 4 is 11.8 Å². The van der Waals surface area contributed by atoms with Crippen molar-refractivity contribution in [2.24, 2.45) is 5.92 Å². The minimum Gasteiger partial charge on any atom is -0.472 e. The van der Waals surface area contributed by atoms with Gasteiger partial charge in [0.05, 0.1) is 25.6 Å². The highest BCUT2D eigenvalue weighted by Gasteiger charge is 2.34. The molecule has 9 nitrogen and oxygen atoms in total. The summed E-state index contributed by atoms with van der Waals surface area (Å²) in [6.45, 7) is 5.68. The standard InChI is InChI=1S/C26H32N4O5/c1-17-14-30(18(2)16-31)26(34)22-11-20(9-8-19(3)32)13-28-25(22)35-23(17)15-29(4)24(33)12-21-7-5-6-10-27-21/h5-7,10-11,13,17-19,23,31-32H,12,14-16H2,1-4H3/t17-,18-,19+,23+/m0/s1. The fourth-order valence-electron chi connectivity index (χ4n) is 3.74. The monoisotopic (exact) mass is 480 g/mol. The summed E-state index contributed by atoms with van der Waals surface area (Å²) in [7, 11) is 1.71. The Kier molecular flexibility index (Phi) is 8.79. The first-order valence-electron chi connectivity index (χ1n) is 11.6. The molecule has 35 heavy (non-hydrogen) atoms. The number of hydrogen-bond acceptors (Lipinski definition) is 7. The van der Waals surface area contributed by atoms with Gasteiger partial charge in [-0.3, -0.25) is 14.6 Å². The van der Waals surface area contributed by atoms with Gasteiger partial charge in [0, 0.05) is 43.2 Å². The van der Waals surface area contributed by atoms with E-state index >= 15 is 0 Å². The molecule has 2 amide bonds. The minimum absolute atomic E-state index is 0.102. The molecule has 0 spiro atoms. The first-order chi connectivity index (χ1) is 16.7. The van der Waals surface area contributed by atoms with Crippen LogP contribution in [0.25, 0.3) is 0 Å². The Bertz CT molecular complexity index is 1100. The molecular weight excluding hydrogens is 448 g/mol. The van der Waals surface area contributed by atoms with Crippen LogP contribution in [-0.4, -0.2) is 86.8 Å². The van der Waals surface area contributed by atoms with Crippen LogP contribution in [0.2, 0.25) is 0 Å². The van der Waals surface area contributed by atoms with E-state index in [1.54, 1.807) is 55.1 Å². The first kappa shape index (κ1) is 26.1. The van der Waals surface area contributed by atoms with E-state index in [9.17, 15) is 19.8 Å². The molecule has 4 atom stereocenters. The van der Waals surface area contributed by atoms with Gasteiger partial charge in [0.1, 0.15) is 17.8 Å². The van der Waals surface area contributed by atoms with Gasteiger partial charge >= 0.3 is 0 Å². The van der Waals surface area contributed by atoms with Crippen LogP contribution in [-0.2, 0) is 11.2 Å². The number of nitrogens with zero attached hydrogens (tertiary/aromatic N) is 4. The quantitative estimate of drug-likeness (QED) is 0.596. The average Bonchev–Trinajstić information content (AvgIpc) is 2.84. The molecule has 0 bridgehead atoms. The van der Waals surface area contributed by atoms with E-state index in [2.05, 4.69) is 21.8 Å². The number of rotatable bonds is 6. The second-order valence-corrected chi connectivity index (χ2v) is 8.92. The molecule has 2 N–H and O–H groups in total. The number of aliphatic hydroxyl groups is 2. The predicted octanol–water partition coefficient (Wildman–Crippen LogP) is 1.13. The molecule has 186 valence electrons. The largest absolute Gasteiger partial charge is 0.472 e. The zero-order chi connectivity index (χ0) is 25.5. The molecule has 0 aromatic carbocycles. The van der Waals surface area contributed by atoms with Crippen molar-refractivity contribution in [1.29, 1.82) is 0 Å². The lowest BCUT2D eigenvalue weighted by Crippen LogP contribution is -2.50. The van der Waals surface area contributed by atoms with Crippen LogP contribution in [0.1, 0.15) is 42.4 Å². The first-order valence-corrected chi connectivity index (χ1v) is 11.6. The number of ether oxygens (including phenoxy) is 1. The van der Waals surface area contributed by atoms with E-state index < -0.39 is 18.2 Å². The summed E-state index contributed by atoms with van der Waals surface area (Å²) in [4.78, 5) is 38.0. The molecule has 0 saturated carbocycles. The van der Waals surface area contributed by atoms with Crippen molar-refractivity contribution in [2.45, 2.75) is 45.4 Å². The Hall–Kier alpha value is -3.48. The highest BCUT2D eigenvalue weighted by atomic mass is 16.5. The molecule has 0 saturated heterocycles. The summed E-state index contributed by atoms with van der Waals surface area (Å²) in [6, 6.07) is 6.60. The van der Waals surface area contributed by atoms with Gasteiger partial charge < -0.3 is 24.7 Å². The summed E-state index contributed by atoms with van der Waals surface area (Å²) < 4.78 is 6.20. The van der Waals surface area contributed by atoms with Crippen molar-refractivity contribution < 1.29 is 24.5 Å². The van der Waals surface area contributed by atoms with Crippen LogP contribution in [0.3, 0.4) is 0 Å². The fourth-order valence-corrected chi connectivity index (χ4v) is 3.74. The predicted molar refractivity (Wildman–Crippen MR) is 130 cm³/mol. The van der Waals surface area contributed by atoms with Crippen LogP contribution >= 0.6 is 0 Å². The van der Waals surface area contributed by atoms with Crippen molar-refractivity contribution in [1.82, 2.24) is 19.8 Å². The van der Waals surface area contributed by atoms with Gasteiger partial charge in [0.2, 0.25) is 11.8 Å². The lowest BCUT2D eigenvalue weighted by atomic mass is 9.99. The van der Waals surface area contributed by atoms with E-state index in [0.717, 1.165) is 0 Å². The molecule has 3 rings (SSSR count). The second-order valence-electron chi connectivity index (χ2n) is 8.92. The van der Waals surface area contributed by atoms with Gasteiger partial charge in [-0.2, -0.15) is 0 Å². The molecule has 2 aromatic heterocycles. The number of hydrogen-bond donors (Lipinski definition) is 2. The molecule has 0 aliphatic carbocycles. The normalized spacial score (nSPS) is 19.3. The molecule has 9 heteroatoms. The molecule has 1 aliphatic rings. The zero-order valence-electron chi connectivity index (χ0n) is 20.5. The Morgan fingerprint density at radius 3 is 2.77 bits per heavy atom. The van der Waals surface area contributed by atoms with Crippen molar-refractivity contribution in [3.8, 4) is 17.7 Å². The maximum Gasteiger partial charge on any atom is 0.259 e. The van der Waals surface area contributed by atoms with E-state index in [1.165, 1.54) is 6.20 Å². The lowest BCUT2D eigenvalue weighted by Gasteiger charge is -2.37. The smallest absolute Gasteiger partial charge is 0.259 e. The number of aromatic nitrogens is 2. The number of carbonyl (C=O) groups excluding carboxylic acids is 2. The van der Waals surface area contributed by atoms with Crippen LogP contribution in [0.15, 0.2) is 36.7 Å². The van der Waals surface area contributed by atoms with Crippen LogP contribution in [0, 0.1) is 17.8 Å². The summed E-state index contributed by atoms with van der Waals surface area (Å²) >= 11 is 0. The molecule has 0 unspecified atom stereocenters. The third-order valence-electron chi connectivity index (χ3n) is 5.88. The fraction of sp³-hybridized carbons (Fsp3) is 0.462. The Labute approximate surface area is 205 Å². The Morgan fingerprint density at radius 2 is 2.11 bits per heavy atom. The van der Waals surface area contributed by atoms with Crippen LogP contribution < -0.4 is 4.74 Å². The number of aliphatic hydroxyl groups excluding tert-OH is 2. The Balaban J connectivity index is 1.89. The van der Waals surface area contributed by atoms with Crippen LogP contribution in [0.5, 0.6) is 5.88 Å². The highest BCUT2D eigenvalue weighted by Crippen LogP contribution is 2.27. The summed E-state index contributed by atoms with van der Waals surface area (Å²) in [5.74, 6) is 5.02. The third-order valence-corrected chi connectivity index (χ3v) is 5.88.